The Hall–Kier alpha value is -1.92. The van der Waals surface area contributed by atoms with Gasteiger partial charge in [0.2, 0.25) is 0 Å². The first-order valence-corrected chi connectivity index (χ1v) is 6.40. The smallest absolute Gasteiger partial charge is 0.269 e. The van der Waals surface area contributed by atoms with Crippen molar-refractivity contribution in [1.29, 1.82) is 0 Å². The highest BCUT2D eigenvalue weighted by Crippen LogP contribution is 2.08. The summed E-state index contributed by atoms with van der Waals surface area (Å²) in [6.07, 6.45) is 5.42. The van der Waals surface area contributed by atoms with Crippen LogP contribution in [0.25, 0.3) is 5.65 Å². The molecule has 6 heteroatoms. The summed E-state index contributed by atoms with van der Waals surface area (Å²) in [6.45, 7) is 3.63. The van der Waals surface area contributed by atoms with Gasteiger partial charge in [0.1, 0.15) is 5.65 Å². The Morgan fingerprint density at radius 1 is 1.26 bits per heavy atom. The van der Waals surface area contributed by atoms with E-state index in [-0.39, 0.29) is 5.91 Å². The van der Waals surface area contributed by atoms with Gasteiger partial charge in [0.15, 0.2) is 0 Å². The number of aromatic nitrogens is 2. The minimum atomic E-state index is -0.0960. The fraction of sp³-hybridized carbons (Fsp3) is 0.385. The summed E-state index contributed by atoms with van der Waals surface area (Å²) < 4.78 is 1.85. The van der Waals surface area contributed by atoms with Gasteiger partial charge in [0, 0.05) is 44.8 Å². The van der Waals surface area contributed by atoms with E-state index in [0.717, 1.165) is 26.2 Å². The molecule has 1 aliphatic rings. The van der Waals surface area contributed by atoms with Crippen LogP contribution in [0.5, 0.6) is 0 Å². The predicted molar refractivity (Wildman–Crippen MR) is 71.7 cm³/mol. The summed E-state index contributed by atoms with van der Waals surface area (Å²) in [7, 11) is 2.09. The zero-order valence-electron chi connectivity index (χ0n) is 10.9. The van der Waals surface area contributed by atoms with Crippen molar-refractivity contribution in [2.75, 3.05) is 33.2 Å². The summed E-state index contributed by atoms with van der Waals surface area (Å²) in [5.74, 6) is -0.0960. The molecule has 0 atom stereocenters. The fourth-order valence-electron chi connectivity index (χ4n) is 2.25. The van der Waals surface area contributed by atoms with Crippen LogP contribution in [-0.4, -0.2) is 58.4 Å². The number of fused-ring (bicyclic) bond motifs is 1. The van der Waals surface area contributed by atoms with Crippen LogP contribution in [0.1, 0.15) is 10.4 Å². The number of carbonyl (C=O) groups excluding carboxylic acids is 1. The fourth-order valence-corrected chi connectivity index (χ4v) is 2.25. The Kier molecular flexibility index (Phi) is 3.18. The quantitative estimate of drug-likeness (QED) is 0.838. The lowest BCUT2D eigenvalue weighted by Crippen LogP contribution is -2.52. The lowest BCUT2D eigenvalue weighted by Gasteiger charge is -2.32. The van der Waals surface area contributed by atoms with E-state index in [2.05, 4.69) is 22.4 Å². The molecule has 3 heterocycles. The van der Waals surface area contributed by atoms with Gasteiger partial charge in [-0.2, -0.15) is 0 Å². The molecule has 0 aromatic carbocycles. The van der Waals surface area contributed by atoms with Crippen LogP contribution in [0.3, 0.4) is 0 Å². The molecule has 1 N–H and O–H groups in total. The van der Waals surface area contributed by atoms with E-state index < -0.39 is 0 Å². The summed E-state index contributed by atoms with van der Waals surface area (Å²) in [5, 5.41) is 1.97. The molecular weight excluding hydrogens is 242 g/mol. The molecule has 19 heavy (non-hydrogen) atoms. The van der Waals surface area contributed by atoms with Gasteiger partial charge < -0.3 is 9.30 Å². The number of nitrogens with one attached hydrogen (secondary N) is 1. The van der Waals surface area contributed by atoms with Crippen molar-refractivity contribution in [3.63, 3.8) is 0 Å². The summed E-state index contributed by atoms with van der Waals surface area (Å²) in [6, 6.07) is 3.65. The van der Waals surface area contributed by atoms with E-state index in [4.69, 9.17) is 0 Å². The highest BCUT2D eigenvalue weighted by atomic mass is 16.2. The standard InChI is InChI=1S/C13H17N5O/c1-16-7-9-18(10-8-16)15-13(19)11-3-2-5-17-6-4-14-12(11)17/h2-6H,7-10H2,1H3,(H,15,19). The topological polar surface area (TPSA) is 52.9 Å². The van der Waals surface area contributed by atoms with Gasteiger partial charge in [-0.05, 0) is 19.2 Å². The molecule has 1 fully saturated rings. The molecular formula is C13H17N5O. The largest absolute Gasteiger partial charge is 0.306 e. The molecule has 6 nitrogen and oxygen atoms in total. The molecule has 1 aliphatic heterocycles. The van der Waals surface area contributed by atoms with Crippen LogP contribution in [-0.2, 0) is 0 Å². The second kappa shape index (κ2) is 4.99. The molecule has 0 spiro atoms. The first-order valence-electron chi connectivity index (χ1n) is 6.40. The molecule has 1 amide bonds. The van der Waals surface area contributed by atoms with Crippen molar-refractivity contribution in [2.45, 2.75) is 0 Å². The lowest BCUT2D eigenvalue weighted by molar-refractivity contribution is 0.0663. The number of carbonyl (C=O) groups is 1. The Labute approximate surface area is 111 Å². The van der Waals surface area contributed by atoms with E-state index in [1.165, 1.54) is 0 Å². The average Bonchev–Trinajstić information content (AvgIpc) is 2.89. The first kappa shape index (κ1) is 12.1. The molecule has 3 rings (SSSR count). The van der Waals surface area contributed by atoms with Crippen LogP contribution in [0.2, 0.25) is 0 Å². The maximum Gasteiger partial charge on any atom is 0.269 e. The third-order valence-electron chi connectivity index (χ3n) is 3.43. The average molecular weight is 259 g/mol. The first-order chi connectivity index (χ1) is 9.24. The minimum Gasteiger partial charge on any atom is -0.306 e. The van der Waals surface area contributed by atoms with Gasteiger partial charge in [-0.1, -0.05) is 0 Å². The van der Waals surface area contributed by atoms with Crippen molar-refractivity contribution in [3.8, 4) is 0 Å². The third kappa shape index (κ3) is 2.45. The third-order valence-corrected chi connectivity index (χ3v) is 3.43. The predicted octanol–water partition coefficient (Wildman–Crippen LogP) is 0.226. The van der Waals surface area contributed by atoms with E-state index in [9.17, 15) is 4.79 Å². The molecule has 0 unspecified atom stereocenters. The van der Waals surface area contributed by atoms with Gasteiger partial charge >= 0.3 is 0 Å². The van der Waals surface area contributed by atoms with Crippen molar-refractivity contribution >= 4 is 11.6 Å². The number of likely N-dealkylation sites (N-methyl/N-ethyl adjacent to an activating group) is 1. The van der Waals surface area contributed by atoms with Crippen LogP contribution < -0.4 is 5.43 Å². The number of piperazine rings is 1. The van der Waals surface area contributed by atoms with Crippen molar-refractivity contribution in [3.05, 3.63) is 36.3 Å². The maximum atomic E-state index is 12.3. The van der Waals surface area contributed by atoms with E-state index in [0.29, 0.717) is 11.2 Å². The second-order valence-electron chi connectivity index (χ2n) is 4.81. The molecule has 0 saturated carbocycles. The van der Waals surface area contributed by atoms with Crippen molar-refractivity contribution in [1.82, 2.24) is 24.7 Å². The molecule has 100 valence electrons. The lowest BCUT2D eigenvalue weighted by atomic mass is 10.2. The molecule has 2 aromatic rings. The Bertz CT molecular complexity index is 585. The number of imidazole rings is 1. The molecule has 2 aromatic heterocycles. The van der Waals surface area contributed by atoms with E-state index in [1.54, 1.807) is 12.3 Å². The molecule has 0 radical (unpaired) electrons. The molecule has 0 bridgehead atoms. The molecule has 0 aliphatic carbocycles. The summed E-state index contributed by atoms with van der Waals surface area (Å²) in [5.41, 5.74) is 4.24. The normalized spacial score (nSPS) is 17.7. The van der Waals surface area contributed by atoms with E-state index in [1.807, 2.05) is 27.9 Å². The number of hydrazine groups is 1. The summed E-state index contributed by atoms with van der Waals surface area (Å²) >= 11 is 0. The zero-order chi connectivity index (χ0) is 13.2. The van der Waals surface area contributed by atoms with Gasteiger partial charge in [-0.3, -0.25) is 10.2 Å². The molecule has 1 saturated heterocycles. The maximum absolute atomic E-state index is 12.3. The van der Waals surface area contributed by atoms with Gasteiger partial charge in [0.05, 0.1) is 5.56 Å². The number of hydrogen-bond donors (Lipinski definition) is 1. The van der Waals surface area contributed by atoms with Crippen LogP contribution in [0.4, 0.5) is 0 Å². The zero-order valence-corrected chi connectivity index (χ0v) is 10.9. The minimum absolute atomic E-state index is 0.0960. The van der Waals surface area contributed by atoms with Gasteiger partial charge in [-0.25, -0.2) is 9.99 Å². The van der Waals surface area contributed by atoms with E-state index >= 15 is 0 Å². The number of hydrogen-bond acceptors (Lipinski definition) is 4. The number of nitrogens with zero attached hydrogens (tertiary/aromatic N) is 4. The van der Waals surface area contributed by atoms with Crippen LogP contribution in [0, 0.1) is 0 Å². The SMILES string of the molecule is CN1CCN(NC(=O)c2cccn3ccnc23)CC1. The van der Waals surface area contributed by atoms with Gasteiger partial charge in [0.25, 0.3) is 5.91 Å². The number of rotatable bonds is 2. The van der Waals surface area contributed by atoms with Crippen molar-refractivity contribution < 1.29 is 4.79 Å². The van der Waals surface area contributed by atoms with Crippen LogP contribution >= 0.6 is 0 Å². The number of pyridine rings is 1. The highest BCUT2D eigenvalue weighted by Gasteiger charge is 2.18. The van der Waals surface area contributed by atoms with Gasteiger partial charge in [-0.15, -0.1) is 0 Å². The van der Waals surface area contributed by atoms with Crippen LogP contribution in [0.15, 0.2) is 30.7 Å². The monoisotopic (exact) mass is 259 g/mol. The second-order valence-corrected chi connectivity index (χ2v) is 4.81. The number of amides is 1. The Balaban J connectivity index is 1.75. The Morgan fingerprint density at radius 2 is 2.05 bits per heavy atom. The summed E-state index contributed by atoms with van der Waals surface area (Å²) in [4.78, 5) is 18.8. The Morgan fingerprint density at radius 3 is 2.84 bits per heavy atom. The highest BCUT2D eigenvalue weighted by molar-refractivity contribution is 5.99. The van der Waals surface area contributed by atoms with Crippen molar-refractivity contribution in [2.24, 2.45) is 0 Å².